The van der Waals surface area contributed by atoms with E-state index in [0.717, 1.165) is 0 Å². The average molecular weight is 275 g/mol. The molecule has 0 spiro atoms. The zero-order valence-corrected chi connectivity index (χ0v) is 10.4. The van der Waals surface area contributed by atoms with Crippen molar-refractivity contribution in [3.8, 4) is 11.4 Å². The molecule has 0 aliphatic carbocycles. The van der Waals surface area contributed by atoms with Crippen LogP contribution < -0.4 is 5.56 Å². The zero-order chi connectivity index (χ0) is 13.4. The third-order valence-electron chi connectivity index (χ3n) is 2.80. The molecule has 0 bridgehead atoms. The van der Waals surface area contributed by atoms with E-state index in [1.165, 1.54) is 12.1 Å². The minimum Gasteiger partial charge on any atom is -0.306 e. The van der Waals surface area contributed by atoms with E-state index in [0.29, 0.717) is 15.9 Å². The molecule has 3 rings (SSSR count). The largest absolute Gasteiger partial charge is 0.306 e. The molecule has 1 heterocycles. The first-order valence-corrected chi connectivity index (χ1v) is 5.97. The third kappa shape index (κ3) is 2.11. The van der Waals surface area contributed by atoms with Gasteiger partial charge in [0.15, 0.2) is 0 Å². The van der Waals surface area contributed by atoms with Crippen molar-refractivity contribution in [3.05, 3.63) is 63.7 Å². The van der Waals surface area contributed by atoms with E-state index in [2.05, 4.69) is 9.97 Å². The molecular weight excluding hydrogens is 267 g/mol. The number of benzene rings is 2. The summed E-state index contributed by atoms with van der Waals surface area (Å²) in [5.41, 5.74) is 0.397. The second kappa shape index (κ2) is 4.48. The van der Waals surface area contributed by atoms with Crippen molar-refractivity contribution in [2.75, 3.05) is 0 Å². The molecule has 3 nitrogen and oxygen atoms in total. The van der Waals surface area contributed by atoms with Crippen molar-refractivity contribution in [2.45, 2.75) is 0 Å². The van der Waals surface area contributed by atoms with Gasteiger partial charge < -0.3 is 4.98 Å². The van der Waals surface area contributed by atoms with Gasteiger partial charge in [-0.25, -0.2) is 9.37 Å². The summed E-state index contributed by atoms with van der Waals surface area (Å²) in [4.78, 5) is 18.8. The van der Waals surface area contributed by atoms with Gasteiger partial charge in [-0.15, -0.1) is 0 Å². The second-order valence-corrected chi connectivity index (χ2v) is 4.49. The van der Waals surface area contributed by atoms with Crippen LogP contribution in [0.3, 0.4) is 0 Å². The lowest BCUT2D eigenvalue weighted by atomic mass is 10.2. The highest BCUT2D eigenvalue weighted by atomic mass is 35.5. The molecule has 19 heavy (non-hydrogen) atoms. The van der Waals surface area contributed by atoms with Crippen LogP contribution in [0.25, 0.3) is 22.3 Å². The summed E-state index contributed by atoms with van der Waals surface area (Å²) >= 11 is 5.83. The number of hydrogen-bond donors (Lipinski definition) is 1. The molecule has 0 radical (unpaired) electrons. The van der Waals surface area contributed by atoms with Crippen molar-refractivity contribution < 1.29 is 4.39 Å². The van der Waals surface area contributed by atoms with Gasteiger partial charge in [0.1, 0.15) is 11.6 Å². The SMILES string of the molecule is O=c1[nH]c(-c2ccccc2F)nc2ccc(Cl)cc12. The number of halogens is 2. The number of H-pyrrole nitrogens is 1. The maximum absolute atomic E-state index is 13.7. The lowest BCUT2D eigenvalue weighted by molar-refractivity contribution is 0.630. The summed E-state index contributed by atoms with van der Waals surface area (Å²) in [5, 5.41) is 0.839. The van der Waals surface area contributed by atoms with Gasteiger partial charge in [0, 0.05) is 5.02 Å². The van der Waals surface area contributed by atoms with Gasteiger partial charge in [0.05, 0.1) is 16.5 Å². The number of rotatable bonds is 1. The fourth-order valence-electron chi connectivity index (χ4n) is 1.89. The number of nitrogens with one attached hydrogen (secondary N) is 1. The van der Waals surface area contributed by atoms with Crippen LogP contribution >= 0.6 is 11.6 Å². The minimum atomic E-state index is -0.432. The second-order valence-electron chi connectivity index (χ2n) is 4.06. The Balaban J connectivity index is 2.31. The Hall–Kier alpha value is -2.20. The Morgan fingerprint density at radius 3 is 2.74 bits per heavy atom. The van der Waals surface area contributed by atoms with E-state index >= 15 is 0 Å². The van der Waals surface area contributed by atoms with E-state index in [1.807, 2.05) is 0 Å². The molecule has 0 aliphatic rings. The molecule has 0 saturated carbocycles. The molecule has 1 aromatic heterocycles. The molecule has 0 saturated heterocycles. The van der Waals surface area contributed by atoms with Crippen LogP contribution in [-0.4, -0.2) is 9.97 Å². The zero-order valence-electron chi connectivity index (χ0n) is 9.65. The molecular formula is C14H8ClFN2O. The van der Waals surface area contributed by atoms with E-state index in [4.69, 9.17) is 11.6 Å². The van der Waals surface area contributed by atoms with E-state index < -0.39 is 5.82 Å². The predicted molar refractivity (Wildman–Crippen MR) is 72.8 cm³/mol. The lowest BCUT2D eigenvalue weighted by Gasteiger charge is -2.04. The Bertz CT molecular complexity index is 829. The molecule has 3 aromatic rings. The molecule has 0 fully saturated rings. The minimum absolute atomic E-state index is 0.206. The maximum Gasteiger partial charge on any atom is 0.259 e. The average Bonchev–Trinajstić information content (AvgIpc) is 2.40. The Labute approximate surface area is 112 Å². The number of aromatic amines is 1. The van der Waals surface area contributed by atoms with Crippen LogP contribution in [-0.2, 0) is 0 Å². The van der Waals surface area contributed by atoms with Crippen LogP contribution in [0, 0.1) is 5.82 Å². The highest BCUT2D eigenvalue weighted by Gasteiger charge is 2.09. The number of fused-ring (bicyclic) bond motifs is 1. The summed E-state index contributed by atoms with van der Waals surface area (Å²) in [6.45, 7) is 0. The van der Waals surface area contributed by atoms with Gasteiger partial charge in [-0.1, -0.05) is 23.7 Å². The first-order chi connectivity index (χ1) is 9.15. The molecule has 0 atom stereocenters. The lowest BCUT2D eigenvalue weighted by Crippen LogP contribution is -2.10. The summed E-state index contributed by atoms with van der Waals surface area (Å²) in [6.07, 6.45) is 0. The molecule has 0 unspecified atom stereocenters. The van der Waals surface area contributed by atoms with Gasteiger partial charge in [-0.05, 0) is 30.3 Å². The van der Waals surface area contributed by atoms with Crippen molar-refractivity contribution in [1.29, 1.82) is 0 Å². The van der Waals surface area contributed by atoms with Crippen LogP contribution in [0.4, 0.5) is 4.39 Å². The van der Waals surface area contributed by atoms with Crippen LogP contribution in [0.15, 0.2) is 47.3 Å². The molecule has 0 amide bonds. The first kappa shape index (κ1) is 11.9. The summed E-state index contributed by atoms with van der Waals surface area (Å²) in [6, 6.07) is 11.0. The van der Waals surface area contributed by atoms with Crippen LogP contribution in [0.5, 0.6) is 0 Å². The van der Waals surface area contributed by atoms with Gasteiger partial charge >= 0.3 is 0 Å². The fourth-order valence-corrected chi connectivity index (χ4v) is 2.06. The van der Waals surface area contributed by atoms with E-state index in [-0.39, 0.29) is 16.9 Å². The highest BCUT2D eigenvalue weighted by Crippen LogP contribution is 2.20. The van der Waals surface area contributed by atoms with Gasteiger partial charge in [-0.3, -0.25) is 4.79 Å². The number of aromatic nitrogens is 2. The topological polar surface area (TPSA) is 45.8 Å². The highest BCUT2D eigenvalue weighted by molar-refractivity contribution is 6.31. The van der Waals surface area contributed by atoms with Crippen LogP contribution in [0.1, 0.15) is 0 Å². The number of nitrogens with zero attached hydrogens (tertiary/aromatic N) is 1. The molecule has 94 valence electrons. The van der Waals surface area contributed by atoms with Crippen molar-refractivity contribution in [2.24, 2.45) is 0 Å². The molecule has 1 N–H and O–H groups in total. The molecule has 5 heteroatoms. The Morgan fingerprint density at radius 1 is 1.16 bits per heavy atom. The molecule has 2 aromatic carbocycles. The molecule has 0 aliphatic heterocycles. The fraction of sp³-hybridized carbons (Fsp3) is 0. The first-order valence-electron chi connectivity index (χ1n) is 5.59. The smallest absolute Gasteiger partial charge is 0.259 e. The summed E-state index contributed by atoms with van der Waals surface area (Å²) in [5.74, 6) is -0.225. The standard InChI is InChI=1S/C14H8ClFN2O/c15-8-5-6-12-10(7-8)14(19)18-13(17-12)9-3-1-2-4-11(9)16/h1-7H,(H,17,18,19). The maximum atomic E-state index is 13.7. The quantitative estimate of drug-likeness (QED) is 0.739. The normalized spacial score (nSPS) is 10.8. The van der Waals surface area contributed by atoms with Gasteiger partial charge in [-0.2, -0.15) is 0 Å². The monoisotopic (exact) mass is 274 g/mol. The van der Waals surface area contributed by atoms with Gasteiger partial charge in [0.2, 0.25) is 0 Å². The predicted octanol–water partition coefficient (Wildman–Crippen LogP) is 3.38. The third-order valence-corrected chi connectivity index (χ3v) is 3.03. The van der Waals surface area contributed by atoms with E-state index in [9.17, 15) is 9.18 Å². The Kier molecular flexibility index (Phi) is 2.80. The van der Waals surface area contributed by atoms with Crippen molar-refractivity contribution in [3.63, 3.8) is 0 Å². The number of hydrogen-bond acceptors (Lipinski definition) is 2. The van der Waals surface area contributed by atoms with Crippen molar-refractivity contribution >= 4 is 22.5 Å². The van der Waals surface area contributed by atoms with E-state index in [1.54, 1.807) is 30.3 Å². The van der Waals surface area contributed by atoms with Crippen LogP contribution in [0.2, 0.25) is 5.02 Å². The van der Waals surface area contributed by atoms with Gasteiger partial charge in [0.25, 0.3) is 5.56 Å². The summed E-state index contributed by atoms with van der Waals surface area (Å²) in [7, 11) is 0. The summed E-state index contributed by atoms with van der Waals surface area (Å²) < 4.78 is 13.7. The Morgan fingerprint density at radius 2 is 1.95 bits per heavy atom. The van der Waals surface area contributed by atoms with Crippen molar-refractivity contribution in [1.82, 2.24) is 9.97 Å².